The molecule has 10 atom stereocenters. The third kappa shape index (κ3) is 14.8. The van der Waals surface area contributed by atoms with Gasteiger partial charge in [-0.2, -0.15) is 0 Å². The summed E-state index contributed by atoms with van der Waals surface area (Å²) in [7, 11) is 0. The largest absolute Gasteiger partial charge is 0.481 e. The van der Waals surface area contributed by atoms with E-state index in [9.17, 15) is 53.4 Å². The summed E-state index contributed by atoms with van der Waals surface area (Å²) in [6, 6.07) is 11.7. The molecule has 0 bridgehead atoms. The normalized spacial score (nSPS) is 21.3. The quantitative estimate of drug-likeness (QED) is 0.0713. The van der Waals surface area contributed by atoms with Crippen LogP contribution in [0.2, 0.25) is 0 Å². The third-order valence-electron chi connectivity index (χ3n) is 12.5. The standard InChI is InChI=1S/C48H67N7O12/c1-8-28(5)41(53-42(61)35(20-21-38(57)58)51-43(62)36(23-39(59)60)50-30(7)56)45(64)52-40(27(3)4)46(65)55-25-34(67-26-31-16-12-10-13-17-31)22-37(55)44(63)54-48(24-33(48)9-2)47(66)49-29(6)32-18-14-11-15-19-32/h10-19,27-29,33-37,40-41H,8-9,20-26H2,1-7H3,(H,49,66)(H,50,56)(H,51,62)(H,52,64)(H,53,61)(H,54,63)(H,57,58)(H,59,60)/t28-,29-,33?,34+,35+,36-,37-,40-,41-,48+/m0/s1. The zero-order valence-corrected chi connectivity index (χ0v) is 39.3. The molecule has 2 fully saturated rings. The number of nitrogens with one attached hydrogen (secondary N) is 6. The lowest BCUT2D eigenvalue weighted by Crippen LogP contribution is -2.61. The Balaban J connectivity index is 1.59. The average molecular weight is 934 g/mol. The number of hydrogen-bond acceptors (Lipinski definition) is 10. The molecule has 366 valence electrons. The van der Waals surface area contributed by atoms with E-state index in [2.05, 4.69) is 31.9 Å². The second-order valence-corrected chi connectivity index (χ2v) is 18.0. The Kier molecular flexibility index (Phi) is 19.4. The Morgan fingerprint density at radius 2 is 1.37 bits per heavy atom. The minimum absolute atomic E-state index is 0.0118. The molecule has 1 heterocycles. The van der Waals surface area contributed by atoms with Crippen LogP contribution in [-0.2, 0) is 54.5 Å². The second kappa shape index (κ2) is 24.4. The van der Waals surface area contributed by atoms with E-state index in [1.54, 1.807) is 27.7 Å². The fourth-order valence-corrected chi connectivity index (χ4v) is 8.29. The van der Waals surface area contributed by atoms with Crippen molar-refractivity contribution in [1.29, 1.82) is 0 Å². The molecule has 1 aliphatic carbocycles. The van der Waals surface area contributed by atoms with Crippen LogP contribution in [0.5, 0.6) is 0 Å². The van der Waals surface area contributed by atoms with Crippen molar-refractivity contribution in [1.82, 2.24) is 36.8 Å². The van der Waals surface area contributed by atoms with Crippen LogP contribution in [-0.4, -0.2) is 117 Å². The van der Waals surface area contributed by atoms with Gasteiger partial charge in [-0.05, 0) is 48.6 Å². The van der Waals surface area contributed by atoms with E-state index >= 15 is 0 Å². The fourth-order valence-electron chi connectivity index (χ4n) is 8.29. The molecule has 4 rings (SSSR count). The fraction of sp³-hybridized carbons (Fsp3) is 0.562. The number of ether oxygens (including phenoxy) is 1. The van der Waals surface area contributed by atoms with Gasteiger partial charge in [0.15, 0.2) is 0 Å². The number of hydrogen-bond donors (Lipinski definition) is 8. The smallest absolute Gasteiger partial charge is 0.305 e. The number of rotatable bonds is 25. The molecular weight excluding hydrogens is 867 g/mol. The van der Waals surface area contributed by atoms with Gasteiger partial charge in [-0.3, -0.25) is 43.2 Å². The lowest BCUT2D eigenvalue weighted by molar-refractivity contribution is -0.144. The third-order valence-corrected chi connectivity index (χ3v) is 12.5. The minimum Gasteiger partial charge on any atom is -0.481 e. The highest BCUT2D eigenvalue weighted by Crippen LogP contribution is 2.47. The predicted octanol–water partition coefficient (Wildman–Crippen LogP) is 2.34. The number of nitrogens with zero attached hydrogens (tertiary/aromatic N) is 1. The summed E-state index contributed by atoms with van der Waals surface area (Å²) in [6.45, 7) is 11.9. The van der Waals surface area contributed by atoms with Crippen molar-refractivity contribution in [3.05, 3.63) is 71.8 Å². The highest BCUT2D eigenvalue weighted by Gasteiger charge is 2.61. The van der Waals surface area contributed by atoms with Crippen LogP contribution in [0.3, 0.4) is 0 Å². The van der Waals surface area contributed by atoms with Gasteiger partial charge in [0.05, 0.1) is 25.2 Å². The molecule has 1 saturated heterocycles. The van der Waals surface area contributed by atoms with Crippen LogP contribution in [0, 0.1) is 17.8 Å². The molecule has 0 aromatic heterocycles. The summed E-state index contributed by atoms with van der Waals surface area (Å²) >= 11 is 0. The van der Waals surface area contributed by atoms with Gasteiger partial charge in [-0.1, -0.05) is 108 Å². The number of carboxylic acids is 2. The van der Waals surface area contributed by atoms with Gasteiger partial charge in [0.25, 0.3) is 0 Å². The summed E-state index contributed by atoms with van der Waals surface area (Å²) in [4.78, 5) is 121. The van der Waals surface area contributed by atoms with E-state index in [-0.39, 0.29) is 37.4 Å². The molecule has 1 unspecified atom stereocenters. The highest BCUT2D eigenvalue weighted by molar-refractivity contribution is 5.99. The van der Waals surface area contributed by atoms with Crippen LogP contribution in [0.15, 0.2) is 60.7 Å². The maximum absolute atomic E-state index is 14.8. The number of likely N-dealkylation sites (tertiary alicyclic amines) is 1. The molecule has 1 aliphatic heterocycles. The number of carboxylic acid groups (broad SMARTS) is 2. The maximum Gasteiger partial charge on any atom is 0.305 e. The summed E-state index contributed by atoms with van der Waals surface area (Å²) in [5, 5.41) is 34.8. The van der Waals surface area contributed by atoms with Gasteiger partial charge in [0.2, 0.25) is 41.4 Å². The SMILES string of the molecule is CCC1C[C@]1(NC(=O)[C@@H]1C[C@@H](OCc2ccccc2)CN1C(=O)[C@@H](NC(=O)[C@@H](NC(=O)[C@@H](CCC(=O)O)NC(=O)[C@H](CC(=O)O)NC(C)=O)[C@@H](C)CC)C(C)C)C(=O)N[C@@H](C)c1ccccc1. The van der Waals surface area contributed by atoms with E-state index < -0.39 is 120 Å². The van der Waals surface area contributed by atoms with E-state index in [0.717, 1.165) is 18.1 Å². The van der Waals surface area contributed by atoms with Gasteiger partial charge >= 0.3 is 11.9 Å². The van der Waals surface area contributed by atoms with Crippen molar-refractivity contribution in [2.75, 3.05) is 6.54 Å². The summed E-state index contributed by atoms with van der Waals surface area (Å²) < 4.78 is 6.27. The van der Waals surface area contributed by atoms with Crippen molar-refractivity contribution in [3.8, 4) is 0 Å². The van der Waals surface area contributed by atoms with Crippen molar-refractivity contribution >= 4 is 53.3 Å². The number of carbonyl (C=O) groups is 9. The summed E-state index contributed by atoms with van der Waals surface area (Å²) in [5.41, 5.74) is 0.565. The van der Waals surface area contributed by atoms with Crippen LogP contribution in [0.1, 0.15) is 111 Å². The molecule has 19 heteroatoms. The Labute approximate surface area is 391 Å². The second-order valence-electron chi connectivity index (χ2n) is 18.0. The van der Waals surface area contributed by atoms with Gasteiger partial charge in [0.1, 0.15) is 35.7 Å². The Bertz CT molecular complexity index is 2070. The highest BCUT2D eigenvalue weighted by atomic mass is 16.5. The van der Waals surface area contributed by atoms with Crippen LogP contribution >= 0.6 is 0 Å². The van der Waals surface area contributed by atoms with E-state index in [1.165, 1.54) is 4.90 Å². The first-order valence-electron chi connectivity index (χ1n) is 23.0. The van der Waals surface area contributed by atoms with E-state index in [1.807, 2.05) is 74.5 Å². The number of amides is 7. The first kappa shape index (κ1) is 53.2. The molecule has 1 saturated carbocycles. The Morgan fingerprint density at radius 3 is 1.93 bits per heavy atom. The molecule has 2 aromatic rings. The summed E-state index contributed by atoms with van der Waals surface area (Å²) in [6.07, 6.45) is -0.997. The van der Waals surface area contributed by atoms with E-state index in [4.69, 9.17) is 4.74 Å². The van der Waals surface area contributed by atoms with Crippen molar-refractivity contribution in [2.45, 2.75) is 148 Å². The minimum atomic E-state index is -1.59. The van der Waals surface area contributed by atoms with Crippen molar-refractivity contribution in [3.63, 3.8) is 0 Å². The molecule has 67 heavy (non-hydrogen) atoms. The van der Waals surface area contributed by atoms with Gasteiger partial charge in [0, 0.05) is 26.3 Å². The first-order valence-corrected chi connectivity index (χ1v) is 23.0. The van der Waals surface area contributed by atoms with Crippen molar-refractivity contribution < 1.29 is 58.1 Å². The monoisotopic (exact) mass is 933 g/mol. The Hall–Kier alpha value is -6.37. The van der Waals surface area contributed by atoms with Crippen LogP contribution in [0.25, 0.3) is 0 Å². The molecule has 2 aliphatic rings. The van der Waals surface area contributed by atoms with Gasteiger partial charge in [-0.25, -0.2) is 0 Å². The molecule has 8 N–H and O–H groups in total. The number of benzene rings is 2. The first-order chi connectivity index (χ1) is 31.7. The lowest BCUT2D eigenvalue weighted by atomic mass is 9.95. The lowest BCUT2D eigenvalue weighted by Gasteiger charge is -2.33. The average Bonchev–Trinajstić information content (AvgIpc) is 3.84. The zero-order valence-electron chi connectivity index (χ0n) is 39.3. The maximum atomic E-state index is 14.8. The van der Waals surface area contributed by atoms with Gasteiger partial charge < -0.3 is 51.8 Å². The molecular formula is C48H67N7O12. The van der Waals surface area contributed by atoms with Gasteiger partial charge in [-0.15, -0.1) is 0 Å². The Morgan fingerprint density at radius 1 is 0.761 bits per heavy atom. The molecule has 0 spiro atoms. The topological polar surface area (TPSA) is 279 Å². The molecule has 7 amide bonds. The number of carbonyl (C=O) groups excluding carboxylic acids is 7. The summed E-state index contributed by atoms with van der Waals surface area (Å²) in [5.74, 6) is -8.99. The predicted molar refractivity (Wildman–Crippen MR) is 244 cm³/mol. The van der Waals surface area contributed by atoms with E-state index in [0.29, 0.717) is 19.3 Å². The molecule has 2 aromatic carbocycles. The molecule has 0 radical (unpaired) electrons. The van der Waals surface area contributed by atoms with Crippen molar-refractivity contribution in [2.24, 2.45) is 17.8 Å². The van der Waals surface area contributed by atoms with Crippen LogP contribution < -0.4 is 31.9 Å². The zero-order chi connectivity index (χ0) is 49.6. The number of aliphatic carboxylic acids is 2. The molecule has 19 nitrogen and oxygen atoms in total. The van der Waals surface area contributed by atoms with Crippen LogP contribution in [0.4, 0.5) is 0 Å².